The molecule has 1 atom stereocenters. The zero-order valence-corrected chi connectivity index (χ0v) is 16.4. The summed E-state index contributed by atoms with van der Waals surface area (Å²) >= 11 is 0. The van der Waals surface area contributed by atoms with Gasteiger partial charge in [0, 0.05) is 30.0 Å². The quantitative estimate of drug-likeness (QED) is 0.727. The van der Waals surface area contributed by atoms with Crippen LogP contribution in [0.2, 0.25) is 0 Å². The largest absolute Gasteiger partial charge is 0.294 e. The second-order valence-electron chi connectivity index (χ2n) is 7.69. The minimum Gasteiger partial charge on any atom is -0.294 e. The molecule has 3 heteroatoms. The van der Waals surface area contributed by atoms with E-state index in [1.54, 1.807) is 0 Å². The molecule has 0 fully saturated rings. The molecular weight excluding hydrogens is 346 g/mol. The molecule has 0 bridgehead atoms. The Kier molecular flexibility index (Phi) is 4.99. The Hall–Kier alpha value is -2.94. The number of aryl methyl sites for hydroxylation is 2. The molecular formula is C25H25NO2. The van der Waals surface area contributed by atoms with Crippen molar-refractivity contribution in [3.63, 3.8) is 0 Å². The van der Waals surface area contributed by atoms with Crippen LogP contribution in [0.15, 0.2) is 65.9 Å². The first kappa shape index (κ1) is 18.4. The van der Waals surface area contributed by atoms with Gasteiger partial charge < -0.3 is 0 Å². The molecule has 0 spiro atoms. The molecule has 4 rings (SSSR count). The molecule has 1 unspecified atom stereocenters. The first-order chi connectivity index (χ1) is 13.6. The molecule has 142 valence electrons. The summed E-state index contributed by atoms with van der Waals surface area (Å²) in [6.07, 6.45) is 6.55. The van der Waals surface area contributed by atoms with Gasteiger partial charge in [-0.25, -0.2) is 0 Å². The lowest BCUT2D eigenvalue weighted by molar-refractivity contribution is -0.120. The fraction of sp³-hybridized carbons (Fsp3) is 0.280. The van der Waals surface area contributed by atoms with E-state index in [0.717, 1.165) is 46.5 Å². The Morgan fingerprint density at radius 1 is 0.929 bits per heavy atom. The number of hydrogen-bond donors (Lipinski definition) is 0. The second-order valence-corrected chi connectivity index (χ2v) is 7.69. The van der Waals surface area contributed by atoms with Gasteiger partial charge in [-0.15, -0.1) is 0 Å². The van der Waals surface area contributed by atoms with Crippen LogP contribution in [-0.2, 0) is 9.59 Å². The van der Waals surface area contributed by atoms with Crippen molar-refractivity contribution in [2.45, 2.75) is 39.5 Å². The summed E-state index contributed by atoms with van der Waals surface area (Å²) in [5.74, 6) is 0.123. The van der Waals surface area contributed by atoms with Crippen LogP contribution in [0.4, 0.5) is 5.69 Å². The number of nitrogens with zero attached hydrogens (tertiary/aromatic N) is 1. The predicted molar refractivity (Wildman–Crippen MR) is 113 cm³/mol. The predicted octanol–water partition coefficient (Wildman–Crippen LogP) is 5.38. The molecule has 0 saturated heterocycles. The molecule has 2 aromatic carbocycles. The maximum Gasteiger partial charge on any atom is 0.232 e. The zero-order chi connectivity index (χ0) is 19.7. The summed E-state index contributed by atoms with van der Waals surface area (Å²) in [6.45, 7) is 4.06. The lowest BCUT2D eigenvalue weighted by atomic mass is 9.79. The van der Waals surface area contributed by atoms with E-state index in [1.807, 2.05) is 79.4 Å². The first-order valence-corrected chi connectivity index (χ1v) is 9.95. The fourth-order valence-corrected chi connectivity index (χ4v) is 4.41. The molecule has 0 N–H and O–H groups in total. The minimum atomic E-state index is -0.143. The van der Waals surface area contributed by atoms with Gasteiger partial charge in [0.15, 0.2) is 5.78 Å². The zero-order valence-electron chi connectivity index (χ0n) is 16.4. The highest BCUT2D eigenvalue weighted by Gasteiger charge is 2.38. The van der Waals surface area contributed by atoms with Gasteiger partial charge in [-0.2, -0.15) is 0 Å². The maximum atomic E-state index is 13.2. The molecule has 1 heterocycles. The normalized spacial score (nSPS) is 20.1. The van der Waals surface area contributed by atoms with Crippen LogP contribution in [0.5, 0.6) is 0 Å². The average Bonchev–Trinajstić information content (AvgIpc) is 2.68. The van der Waals surface area contributed by atoms with Crippen LogP contribution in [0.1, 0.15) is 42.4 Å². The number of allylic oxidation sites excluding steroid dienone is 3. The van der Waals surface area contributed by atoms with Crippen LogP contribution in [0.25, 0.3) is 6.08 Å². The third kappa shape index (κ3) is 3.33. The summed E-state index contributed by atoms with van der Waals surface area (Å²) in [6, 6.07) is 16.1. The molecule has 0 aromatic heterocycles. The van der Waals surface area contributed by atoms with Crippen LogP contribution in [0, 0.1) is 19.8 Å². The van der Waals surface area contributed by atoms with Gasteiger partial charge >= 0.3 is 0 Å². The molecule has 3 nitrogen and oxygen atoms in total. The number of carbonyl (C=O) groups is 2. The molecule has 0 radical (unpaired) electrons. The van der Waals surface area contributed by atoms with E-state index in [4.69, 9.17) is 0 Å². The summed E-state index contributed by atoms with van der Waals surface area (Å²) < 4.78 is 0. The number of benzene rings is 2. The molecule has 2 aromatic rings. The topological polar surface area (TPSA) is 37.4 Å². The Bertz CT molecular complexity index is 965. The maximum absolute atomic E-state index is 13.2. The van der Waals surface area contributed by atoms with Gasteiger partial charge in [-0.05, 0) is 43.4 Å². The lowest BCUT2D eigenvalue weighted by Crippen LogP contribution is -2.41. The Morgan fingerprint density at radius 2 is 1.64 bits per heavy atom. The Balaban J connectivity index is 1.80. The highest BCUT2D eigenvalue weighted by molar-refractivity contribution is 6.07. The van der Waals surface area contributed by atoms with E-state index < -0.39 is 0 Å². The number of Topliss-reactive ketones (excluding diaryl/α,β-unsaturated/α-hetero) is 1. The van der Waals surface area contributed by atoms with E-state index >= 15 is 0 Å². The van der Waals surface area contributed by atoms with Crippen molar-refractivity contribution in [1.29, 1.82) is 0 Å². The molecule has 1 amide bonds. The lowest BCUT2D eigenvalue weighted by Gasteiger charge is -2.38. The second kappa shape index (κ2) is 7.59. The number of carbonyl (C=O) groups excluding carboxylic acids is 2. The SMILES string of the molecule is Cc1cccc(C)c1N1C(=O)CC(/C=C/c2ccccc2)C2=C1CCCC2=O. The smallest absolute Gasteiger partial charge is 0.232 e. The van der Waals surface area contributed by atoms with Gasteiger partial charge in [-0.3, -0.25) is 14.5 Å². The van der Waals surface area contributed by atoms with E-state index in [-0.39, 0.29) is 17.6 Å². The number of para-hydroxylation sites is 1. The summed E-state index contributed by atoms with van der Waals surface area (Å²) in [7, 11) is 0. The third-order valence-corrected chi connectivity index (χ3v) is 5.70. The van der Waals surface area contributed by atoms with E-state index in [1.165, 1.54) is 0 Å². The number of rotatable bonds is 3. The van der Waals surface area contributed by atoms with E-state index in [9.17, 15) is 9.59 Å². The first-order valence-electron chi connectivity index (χ1n) is 9.95. The monoisotopic (exact) mass is 371 g/mol. The van der Waals surface area contributed by atoms with Crippen molar-refractivity contribution in [1.82, 2.24) is 0 Å². The Labute approximate surface area is 166 Å². The average molecular weight is 371 g/mol. The van der Waals surface area contributed by atoms with Gasteiger partial charge in [0.1, 0.15) is 0 Å². The fourth-order valence-electron chi connectivity index (χ4n) is 4.41. The van der Waals surface area contributed by atoms with Crippen LogP contribution in [0.3, 0.4) is 0 Å². The van der Waals surface area contributed by atoms with Gasteiger partial charge in [0.25, 0.3) is 0 Å². The van der Waals surface area contributed by atoms with Crippen molar-refractivity contribution in [2.24, 2.45) is 5.92 Å². The summed E-state index contributed by atoms with van der Waals surface area (Å²) in [5.41, 5.74) is 5.90. The molecule has 0 saturated carbocycles. The number of anilines is 1. The van der Waals surface area contributed by atoms with E-state index in [2.05, 4.69) is 0 Å². The summed E-state index contributed by atoms with van der Waals surface area (Å²) in [4.78, 5) is 27.9. The molecule has 28 heavy (non-hydrogen) atoms. The van der Waals surface area contributed by atoms with E-state index in [0.29, 0.717) is 12.8 Å². The number of amides is 1. The van der Waals surface area contributed by atoms with Crippen molar-refractivity contribution in [3.05, 3.63) is 82.6 Å². The highest BCUT2D eigenvalue weighted by Crippen LogP contribution is 2.41. The minimum absolute atomic E-state index is 0.0774. The number of ketones is 1. The van der Waals surface area contributed by atoms with Crippen molar-refractivity contribution < 1.29 is 9.59 Å². The van der Waals surface area contributed by atoms with Crippen LogP contribution < -0.4 is 4.90 Å². The van der Waals surface area contributed by atoms with Crippen molar-refractivity contribution >= 4 is 23.5 Å². The molecule has 1 aliphatic heterocycles. The summed E-state index contributed by atoms with van der Waals surface area (Å²) in [5, 5.41) is 0. The molecule has 2 aliphatic rings. The van der Waals surface area contributed by atoms with Crippen LogP contribution >= 0.6 is 0 Å². The number of hydrogen-bond acceptors (Lipinski definition) is 2. The van der Waals surface area contributed by atoms with Gasteiger partial charge in [-0.1, -0.05) is 60.7 Å². The van der Waals surface area contributed by atoms with Crippen molar-refractivity contribution in [3.8, 4) is 0 Å². The van der Waals surface area contributed by atoms with Gasteiger partial charge in [0.05, 0.1) is 5.69 Å². The van der Waals surface area contributed by atoms with Crippen LogP contribution in [-0.4, -0.2) is 11.7 Å². The standard InChI is InChI=1S/C25H25NO2/c1-17-8-6-9-18(2)25(17)26-21-12-7-13-22(27)24(21)20(16-23(26)28)15-14-19-10-4-3-5-11-19/h3-6,8-11,14-15,20H,7,12-13,16H2,1-2H3/b15-14+. The Morgan fingerprint density at radius 3 is 2.36 bits per heavy atom. The third-order valence-electron chi connectivity index (χ3n) is 5.70. The molecule has 1 aliphatic carbocycles. The highest BCUT2D eigenvalue weighted by atomic mass is 16.2. The van der Waals surface area contributed by atoms with Gasteiger partial charge in [0.2, 0.25) is 5.91 Å². The van der Waals surface area contributed by atoms with Crippen molar-refractivity contribution in [2.75, 3.05) is 4.90 Å².